The molecule has 4 aromatic rings. The van der Waals surface area contributed by atoms with Gasteiger partial charge in [0.1, 0.15) is 11.6 Å². The number of anilines is 3. The lowest BCUT2D eigenvalue weighted by Gasteiger charge is -2.20. The fraction of sp³-hybridized carbons (Fsp3) is 0.120. The number of carbonyl (C=O) groups is 1. The van der Waals surface area contributed by atoms with Gasteiger partial charge < -0.3 is 16.0 Å². The first-order valence-electron chi connectivity index (χ1n) is 10.4. The molecule has 0 saturated heterocycles. The number of pyridine rings is 1. The van der Waals surface area contributed by atoms with Crippen molar-refractivity contribution in [2.75, 3.05) is 35.8 Å². The number of nitrogen functional groups attached to an aromatic ring is 1. The average Bonchev–Trinajstić information content (AvgIpc) is 2.80. The van der Waals surface area contributed by atoms with Crippen LogP contribution in [0.2, 0.25) is 0 Å². The molecule has 0 bridgehead atoms. The minimum Gasteiger partial charge on any atom is -0.383 e. The van der Waals surface area contributed by atoms with E-state index in [0.29, 0.717) is 16.9 Å². The zero-order chi connectivity index (χ0) is 24.5. The summed E-state index contributed by atoms with van der Waals surface area (Å²) in [5.41, 5.74) is 7.51. The summed E-state index contributed by atoms with van der Waals surface area (Å²) in [6.45, 7) is -0.0240. The number of hydrogen-bond donors (Lipinski definition) is 2. The molecule has 174 valence electrons. The highest BCUT2D eigenvalue weighted by Gasteiger charge is 2.16. The maximum atomic E-state index is 14.8. The molecular formula is C25H23FN4O3S. The van der Waals surface area contributed by atoms with Crippen molar-refractivity contribution < 1.29 is 17.6 Å². The van der Waals surface area contributed by atoms with Crippen LogP contribution < -0.4 is 16.0 Å². The van der Waals surface area contributed by atoms with E-state index in [-0.39, 0.29) is 17.1 Å². The number of rotatable bonds is 6. The van der Waals surface area contributed by atoms with Crippen molar-refractivity contribution in [3.8, 4) is 11.1 Å². The molecule has 7 nitrogen and oxygen atoms in total. The number of amides is 1. The number of benzene rings is 3. The molecule has 0 radical (unpaired) electrons. The van der Waals surface area contributed by atoms with Gasteiger partial charge in [-0.15, -0.1) is 0 Å². The first-order valence-corrected chi connectivity index (χ1v) is 12.3. The highest BCUT2D eigenvalue weighted by Crippen LogP contribution is 2.30. The molecule has 34 heavy (non-hydrogen) atoms. The number of halogens is 1. The minimum absolute atomic E-state index is 0.00550. The summed E-state index contributed by atoms with van der Waals surface area (Å²) in [6.07, 6.45) is 2.74. The molecular weight excluding hydrogens is 455 g/mol. The molecule has 0 aliphatic carbocycles. The highest BCUT2D eigenvalue weighted by atomic mass is 32.2. The molecule has 1 heterocycles. The van der Waals surface area contributed by atoms with Crippen LogP contribution in [0, 0.1) is 5.82 Å². The molecule has 9 heteroatoms. The average molecular weight is 479 g/mol. The molecule has 3 N–H and O–H groups in total. The largest absolute Gasteiger partial charge is 0.383 e. The van der Waals surface area contributed by atoms with E-state index in [0.717, 1.165) is 22.7 Å². The Morgan fingerprint density at radius 3 is 2.59 bits per heavy atom. The van der Waals surface area contributed by atoms with Crippen LogP contribution >= 0.6 is 0 Å². The van der Waals surface area contributed by atoms with E-state index in [1.165, 1.54) is 18.2 Å². The standard InChI is InChI=1S/C25H23FN4O3S/c1-30(18-9-7-16-11-12-28-25(27)20(16)14-18)15-24(31)29-22-10-8-17(13-21(22)26)19-5-3-4-6-23(19)34(2,32)33/h3-14H,15H2,1-2H3,(H2,27,28)(H,29,31). The molecule has 0 aliphatic heterocycles. The lowest BCUT2D eigenvalue weighted by atomic mass is 10.0. The Hall–Kier alpha value is -3.98. The van der Waals surface area contributed by atoms with E-state index >= 15 is 0 Å². The van der Waals surface area contributed by atoms with Crippen molar-refractivity contribution in [2.24, 2.45) is 0 Å². The van der Waals surface area contributed by atoms with Gasteiger partial charge in [-0.3, -0.25) is 4.79 Å². The number of nitrogens with two attached hydrogens (primary N) is 1. The third kappa shape index (κ3) is 4.84. The van der Waals surface area contributed by atoms with Gasteiger partial charge in [-0.1, -0.05) is 30.3 Å². The normalized spacial score (nSPS) is 11.4. The van der Waals surface area contributed by atoms with Crippen LogP contribution in [0.4, 0.5) is 21.6 Å². The minimum atomic E-state index is -3.49. The quantitative estimate of drug-likeness (QED) is 0.432. The number of hydrogen-bond acceptors (Lipinski definition) is 6. The van der Waals surface area contributed by atoms with Crippen molar-refractivity contribution in [2.45, 2.75) is 4.90 Å². The van der Waals surface area contributed by atoms with Crippen molar-refractivity contribution in [1.29, 1.82) is 0 Å². The maximum absolute atomic E-state index is 14.8. The van der Waals surface area contributed by atoms with Gasteiger partial charge in [0.25, 0.3) is 0 Å². The third-order valence-electron chi connectivity index (χ3n) is 5.44. The number of carbonyl (C=O) groups excluding carboxylic acids is 1. The summed E-state index contributed by atoms with van der Waals surface area (Å²) in [4.78, 5) is 18.5. The second-order valence-corrected chi connectivity index (χ2v) is 9.95. The number of nitrogens with zero attached hydrogens (tertiary/aromatic N) is 2. The van der Waals surface area contributed by atoms with E-state index in [2.05, 4.69) is 10.3 Å². The van der Waals surface area contributed by atoms with Crippen LogP contribution in [0.15, 0.2) is 77.8 Å². The predicted octanol–water partition coefficient (Wildman–Crippen LogP) is 4.10. The Morgan fingerprint density at radius 1 is 1.09 bits per heavy atom. The van der Waals surface area contributed by atoms with Crippen LogP contribution in [0.5, 0.6) is 0 Å². The van der Waals surface area contributed by atoms with E-state index in [9.17, 15) is 17.6 Å². The van der Waals surface area contributed by atoms with Crippen LogP contribution in [-0.2, 0) is 14.6 Å². The fourth-order valence-electron chi connectivity index (χ4n) is 3.73. The predicted molar refractivity (Wildman–Crippen MR) is 133 cm³/mol. The smallest absolute Gasteiger partial charge is 0.243 e. The lowest BCUT2D eigenvalue weighted by molar-refractivity contribution is -0.114. The molecule has 0 saturated carbocycles. The SMILES string of the molecule is CN(CC(=O)Nc1ccc(-c2ccccc2S(C)(=O)=O)cc1F)c1ccc2ccnc(N)c2c1. The first-order chi connectivity index (χ1) is 16.1. The molecule has 0 unspecified atom stereocenters. The Bertz CT molecular complexity index is 1510. The topological polar surface area (TPSA) is 105 Å². The van der Waals surface area contributed by atoms with E-state index in [1.54, 1.807) is 42.4 Å². The summed E-state index contributed by atoms with van der Waals surface area (Å²) >= 11 is 0. The number of sulfone groups is 1. The number of nitrogens with one attached hydrogen (secondary N) is 1. The Labute approximate surface area is 197 Å². The van der Waals surface area contributed by atoms with Crippen LogP contribution in [0.1, 0.15) is 0 Å². The molecule has 0 fully saturated rings. The van der Waals surface area contributed by atoms with Crippen LogP contribution in [-0.4, -0.2) is 39.2 Å². The summed E-state index contributed by atoms with van der Waals surface area (Å²) in [5.74, 6) is -0.678. The Morgan fingerprint density at radius 2 is 1.85 bits per heavy atom. The van der Waals surface area contributed by atoms with Crippen LogP contribution in [0.25, 0.3) is 21.9 Å². The summed E-state index contributed by atoms with van der Waals surface area (Å²) in [5, 5.41) is 4.29. The molecule has 1 amide bonds. The molecule has 1 aromatic heterocycles. The monoisotopic (exact) mass is 478 g/mol. The van der Waals surface area contributed by atoms with E-state index in [1.807, 2.05) is 24.3 Å². The third-order valence-corrected chi connectivity index (χ3v) is 6.60. The van der Waals surface area contributed by atoms with Gasteiger partial charge in [0.05, 0.1) is 17.1 Å². The number of fused-ring (bicyclic) bond motifs is 1. The lowest BCUT2D eigenvalue weighted by Crippen LogP contribution is -2.30. The van der Waals surface area contributed by atoms with Gasteiger partial charge in [0, 0.05) is 36.1 Å². The van der Waals surface area contributed by atoms with Crippen LogP contribution in [0.3, 0.4) is 0 Å². The van der Waals surface area contributed by atoms with Gasteiger partial charge >= 0.3 is 0 Å². The van der Waals surface area contributed by atoms with Gasteiger partial charge in [-0.05, 0) is 47.3 Å². The molecule has 3 aromatic carbocycles. The summed E-state index contributed by atoms with van der Waals surface area (Å²) < 4.78 is 38.9. The van der Waals surface area contributed by atoms with Gasteiger partial charge in [-0.25, -0.2) is 17.8 Å². The van der Waals surface area contributed by atoms with Crippen molar-refractivity contribution in [3.63, 3.8) is 0 Å². The van der Waals surface area contributed by atoms with E-state index in [4.69, 9.17) is 5.73 Å². The van der Waals surface area contributed by atoms with Gasteiger partial charge in [0.15, 0.2) is 9.84 Å². The molecule has 0 aliphatic rings. The van der Waals surface area contributed by atoms with Crippen molar-refractivity contribution >= 4 is 43.7 Å². The van der Waals surface area contributed by atoms with Gasteiger partial charge in [-0.2, -0.15) is 0 Å². The number of likely N-dealkylation sites (N-methyl/N-ethyl adjacent to an activating group) is 1. The maximum Gasteiger partial charge on any atom is 0.243 e. The Kier molecular flexibility index (Phi) is 6.21. The zero-order valence-corrected chi connectivity index (χ0v) is 19.4. The molecule has 0 spiro atoms. The van der Waals surface area contributed by atoms with Crippen molar-refractivity contribution in [3.05, 3.63) is 78.7 Å². The first kappa shape index (κ1) is 23.2. The fourth-order valence-corrected chi connectivity index (χ4v) is 4.64. The highest BCUT2D eigenvalue weighted by molar-refractivity contribution is 7.90. The number of aromatic nitrogens is 1. The molecule has 4 rings (SSSR count). The Balaban J connectivity index is 1.51. The summed E-state index contributed by atoms with van der Waals surface area (Å²) in [6, 6.07) is 18.1. The van der Waals surface area contributed by atoms with Gasteiger partial charge in [0.2, 0.25) is 5.91 Å². The molecule has 0 atom stereocenters. The second kappa shape index (κ2) is 9.11. The summed E-state index contributed by atoms with van der Waals surface area (Å²) in [7, 11) is -1.74. The van der Waals surface area contributed by atoms with Crippen molar-refractivity contribution in [1.82, 2.24) is 4.98 Å². The van der Waals surface area contributed by atoms with E-state index < -0.39 is 21.6 Å². The second-order valence-electron chi connectivity index (χ2n) is 7.97. The zero-order valence-electron chi connectivity index (χ0n) is 18.6.